The summed E-state index contributed by atoms with van der Waals surface area (Å²) in [7, 11) is 2.03. The van der Waals surface area contributed by atoms with E-state index in [1.54, 1.807) is 5.56 Å². The van der Waals surface area contributed by atoms with Gasteiger partial charge in [0, 0.05) is 29.2 Å². The summed E-state index contributed by atoms with van der Waals surface area (Å²) in [5, 5.41) is 5.96. The highest BCUT2D eigenvalue weighted by molar-refractivity contribution is 5.90. The Morgan fingerprint density at radius 2 is 1.75 bits per heavy atom. The fourth-order valence-corrected chi connectivity index (χ4v) is 4.94. The van der Waals surface area contributed by atoms with E-state index in [1.807, 2.05) is 11.7 Å². The number of rotatable bonds is 3. The van der Waals surface area contributed by atoms with Crippen molar-refractivity contribution in [2.75, 3.05) is 0 Å². The number of aromatic nitrogens is 3. The van der Waals surface area contributed by atoms with Gasteiger partial charge in [-0.05, 0) is 68.9 Å². The Kier molecular flexibility index (Phi) is 4.12. The monoisotopic (exact) mass is 369 g/mol. The minimum absolute atomic E-state index is 0.343. The zero-order valence-electron chi connectivity index (χ0n) is 16.9. The lowest BCUT2D eigenvalue weighted by Gasteiger charge is -2.22. The van der Waals surface area contributed by atoms with Crippen LogP contribution in [0.2, 0.25) is 0 Å². The smallest absolute Gasteiger partial charge is 0.0681 e. The third kappa shape index (κ3) is 2.69. The van der Waals surface area contributed by atoms with E-state index in [1.165, 1.54) is 59.1 Å². The summed E-state index contributed by atoms with van der Waals surface area (Å²) >= 11 is 0. The quantitative estimate of drug-likeness (QED) is 0.445. The number of hydrogen-bond donors (Lipinski definition) is 0. The lowest BCUT2D eigenvalue weighted by atomic mass is 9.94. The van der Waals surface area contributed by atoms with Crippen LogP contribution in [0, 0.1) is 6.92 Å². The number of nitrogens with zero attached hydrogens (tertiary/aromatic N) is 3. The second-order valence-electron chi connectivity index (χ2n) is 8.12. The molecule has 1 aliphatic carbocycles. The molecule has 0 bridgehead atoms. The first-order chi connectivity index (χ1) is 13.6. The Morgan fingerprint density at radius 1 is 0.964 bits per heavy atom. The fraction of sp³-hybridized carbons (Fsp3) is 0.320. The van der Waals surface area contributed by atoms with Crippen LogP contribution in [-0.2, 0) is 19.9 Å². The van der Waals surface area contributed by atoms with Crippen molar-refractivity contribution in [2.24, 2.45) is 7.05 Å². The molecule has 0 saturated heterocycles. The molecule has 0 aliphatic heterocycles. The molecule has 0 amide bonds. The molecule has 0 fully saturated rings. The number of fused-ring (bicyclic) bond motifs is 3. The van der Waals surface area contributed by atoms with E-state index in [9.17, 15) is 0 Å². The molecule has 0 saturated carbocycles. The Balaban J connectivity index is 1.72. The van der Waals surface area contributed by atoms with Gasteiger partial charge in [-0.1, -0.05) is 36.4 Å². The second-order valence-corrected chi connectivity index (χ2v) is 8.12. The Bertz CT molecular complexity index is 1150. The average Bonchev–Trinajstić information content (AvgIpc) is 3.24. The molecule has 0 N–H and O–H groups in total. The van der Waals surface area contributed by atoms with Gasteiger partial charge in [-0.25, -0.2) is 0 Å². The van der Waals surface area contributed by atoms with Gasteiger partial charge in [-0.15, -0.1) is 0 Å². The van der Waals surface area contributed by atoms with Gasteiger partial charge >= 0.3 is 0 Å². The lowest BCUT2D eigenvalue weighted by molar-refractivity contribution is 0.584. The summed E-state index contributed by atoms with van der Waals surface area (Å²) in [6, 6.07) is 20.4. The van der Waals surface area contributed by atoms with Crippen molar-refractivity contribution in [3.63, 3.8) is 0 Å². The van der Waals surface area contributed by atoms with Crippen molar-refractivity contribution in [3.05, 3.63) is 77.1 Å². The molecule has 2 aromatic carbocycles. The standard InChI is InChI=1S/C25H27N3/c1-17-15-25(27(3)26-17)20-13-14-24-22(16-20)21-11-7-8-12-23(21)28(24)18(2)19-9-5-4-6-10-19/h4-6,9-10,13-16,18H,7-8,11-12H2,1-3H3/t18-/m1/s1. The first-order valence-corrected chi connectivity index (χ1v) is 10.3. The molecule has 0 unspecified atom stereocenters. The van der Waals surface area contributed by atoms with Crippen LogP contribution >= 0.6 is 0 Å². The highest BCUT2D eigenvalue weighted by Crippen LogP contribution is 2.38. The molecule has 4 aromatic rings. The maximum atomic E-state index is 4.54. The van der Waals surface area contributed by atoms with Crippen LogP contribution in [0.5, 0.6) is 0 Å². The van der Waals surface area contributed by atoms with Gasteiger partial charge < -0.3 is 4.57 Å². The Morgan fingerprint density at radius 3 is 2.50 bits per heavy atom. The molecular formula is C25H27N3. The topological polar surface area (TPSA) is 22.8 Å². The predicted octanol–water partition coefficient (Wildman–Crippen LogP) is 5.84. The van der Waals surface area contributed by atoms with Crippen molar-refractivity contribution in [2.45, 2.75) is 45.6 Å². The van der Waals surface area contributed by atoms with E-state index in [2.05, 4.69) is 78.1 Å². The zero-order valence-corrected chi connectivity index (χ0v) is 16.9. The van der Waals surface area contributed by atoms with E-state index < -0.39 is 0 Å². The first kappa shape index (κ1) is 17.3. The first-order valence-electron chi connectivity index (χ1n) is 10.3. The highest BCUT2D eigenvalue weighted by Gasteiger charge is 2.24. The third-order valence-electron chi connectivity index (χ3n) is 6.28. The van der Waals surface area contributed by atoms with Crippen LogP contribution in [0.15, 0.2) is 54.6 Å². The normalized spacial score (nSPS) is 15.0. The molecule has 2 heterocycles. The summed E-state index contributed by atoms with van der Waals surface area (Å²) in [6.07, 6.45) is 4.95. The molecule has 3 heteroatoms. The van der Waals surface area contributed by atoms with E-state index >= 15 is 0 Å². The van der Waals surface area contributed by atoms with Crippen molar-refractivity contribution >= 4 is 10.9 Å². The van der Waals surface area contributed by atoms with Gasteiger partial charge in [0.25, 0.3) is 0 Å². The maximum Gasteiger partial charge on any atom is 0.0681 e. The van der Waals surface area contributed by atoms with Gasteiger partial charge in [0.05, 0.1) is 17.4 Å². The molecular weight excluding hydrogens is 342 g/mol. The van der Waals surface area contributed by atoms with Crippen molar-refractivity contribution in [3.8, 4) is 11.3 Å². The van der Waals surface area contributed by atoms with Gasteiger partial charge in [-0.2, -0.15) is 5.10 Å². The number of aryl methyl sites for hydroxylation is 3. The summed E-state index contributed by atoms with van der Waals surface area (Å²) in [5.41, 5.74) is 9.35. The lowest BCUT2D eigenvalue weighted by Crippen LogP contribution is -2.13. The summed E-state index contributed by atoms with van der Waals surface area (Å²) in [6.45, 7) is 4.39. The maximum absolute atomic E-state index is 4.54. The second kappa shape index (κ2) is 6.66. The van der Waals surface area contributed by atoms with Gasteiger partial charge in [0.15, 0.2) is 0 Å². The SMILES string of the molecule is Cc1cc(-c2ccc3c(c2)c2c(n3[C@H](C)c3ccccc3)CCCC2)n(C)n1. The Hall–Kier alpha value is -2.81. The van der Waals surface area contributed by atoms with Crippen molar-refractivity contribution in [1.82, 2.24) is 14.3 Å². The van der Waals surface area contributed by atoms with Crippen molar-refractivity contribution < 1.29 is 0 Å². The van der Waals surface area contributed by atoms with E-state index in [0.717, 1.165) is 5.69 Å². The Labute approximate surface area is 166 Å². The van der Waals surface area contributed by atoms with Gasteiger partial charge in [0.2, 0.25) is 0 Å². The molecule has 3 nitrogen and oxygen atoms in total. The van der Waals surface area contributed by atoms with E-state index in [4.69, 9.17) is 0 Å². The molecule has 28 heavy (non-hydrogen) atoms. The van der Waals surface area contributed by atoms with E-state index in [0.29, 0.717) is 6.04 Å². The summed E-state index contributed by atoms with van der Waals surface area (Å²) < 4.78 is 4.59. The van der Waals surface area contributed by atoms with E-state index in [-0.39, 0.29) is 0 Å². The zero-order chi connectivity index (χ0) is 19.3. The molecule has 0 radical (unpaired) electrons. The molecule has 142 valence electrons. The minimum atomic E-state index is 0.343. The molecule has 0 spiro atoms. The van der Waals surface area contributed by atoms with Gasteiger partial charge in [-0.3, -0.25) is 4.68 Å². The largest absolute Gasteiger partial charge is 0.337 e. The van der Waals surface area contributed by atoms with Crippen molar-refractivity contribution in [1.29, 1.82) is 0 Å². The van der Waals surface area contributed by atoms with Gasteiger partial charge in [0.1, 0.15) is 0 Å². The summed E-state index contributed by atoms with van der Waals surface area (Å²) in [5.74, 6) is 0. The number of hydrogen-bond acceptors (Lipinski definition) is 1. The summed E-state index contributed by atoms with van der Waals surface area (Å²) in [4.78, 5) is 0. The average molecular weight is 370 g/mol. The fourth-order valence-electron chi connectivity index (χ4n) is 4.94. The molecule has 1 aliphatic rings. The van der Waals surface area contributed by atoms with Crippen LogP contribution < -0.4 is 0 Å². The minimum Gasteiger partial charge on any atom is -0.337 e. The molecule has 2 aromatic heterocycles. The third-order valence-corrected chi connectivity index (χ3v) is 6.28. The predicted molar refractivity (Wildman–Crippen MR) is 116 cm³/mol. The van der Waals surface area contributed by atoms with Crippen LogP contribution in [0.3, 0.4) is 0 Å². The van der Waals surface area contributed by atoms with Crippen LogP contribution in [-0.4, -0.2) is 14.3 Å². The molecule has 1 atom stereocenters. The van der Waals surface area contributed by atoms with Crippen LogP contribution in [0.4, 0.5) is 0 Å². The number of benzene rings is 2. The highest BCUT2D eigenvalue weighted by atomic mass is 15.3. The van der Waals surface area contributed by atoms with Crippen LogP contribution in [0.25, 0.3) is 22.2 Å². The molecule has 5 rings (SSSR count). The van der Waals surface area contributed by atoms with Crippen LogP contribution in [0.1, 0.15) is 48.3 Å².